The van der Waals surface area contributed by atoms with Gasteiger partial charge in [0.2, 0.25) is 0 Å². The lowest BCUT2D eigenvalue weighted by molar-refractivity contribution is 0.145. The zero-order valence-electron chi connectivity index (χ0n) is 11.9. The first-order chi connectivity index (χ1) is 10.7. The zero-order valence-corrected chi connectivity index (χ0v) is 12.8. The van der Waals surface area contributed by atoms with Crippen LogP contribution in [0.25, 0.3) is 10.6 Å². The first-order valence-corrected chi connectivity index (χ1v) is 7.87. The number of carboxylic acid groups (broad SMARTS) is 1. The minimum Gasteiger partial charge on any atom is -0.489 e. The van der Waals surface area contributed by atoms with Crippen molar-refractivity contribution in [3.8, 4) is 16.3 Å². The summed E-state index contributed by atoms with van der Waals surface area (Å²) in [5.41, 5.74) is 6.62. The van der Waals surface area contributed by atoms with Crippen LogP contribution < -0.4 is 10.5 Å². The molecule has 1 aromatic carbocycles. The largest absolute Gasteiger partial charge is 0.489 e. The van der Waals surface area contributed by atoms with Crippen LogP contribution in [-0.4, -0.2) is 40.3 Å². The van der Waals surface area contributed by atoms with E-state index in [0.717, 1.165) is 27.6 Å². The van der Waals surface area contributed by atoms with Crippen LogP contribution in [0.3, 0.4) is 0 Å². The molecule has 0 radical (unpaired) electrons. The van der Waals surface area contributed by atoms with E-state index in [4.69, 9.17) is 15.6 Å². The molecule has 1 saturated heterocycles. The summed E-state index contributed by atoms with van der Waals surface area (Å²) in [5.74, 6) is 0.747. The highest BCUT2D eigenvalue weighted by atomic mass is 32.1. The standard InChI is InChI=1S/C15H17N3O3S/c16-7-13-8-17-14(22-13)10-1-3-11(4-2-10)21-12-5-6-18(9-12)15(19)20/h1-4,8,12H,5-7,9,16H2,(H,19,20). The molecule has 0 bridgehead atoms. The third-order valence-corrected chi connectivity index (χ3v) is 4.64. The Morgan fingerprint density at radius 3 is 2.82 bits per heavy atom. The molecule has 1 aliphatic heterocycles. The number of carbonyl (C=O) groups is 1. The number of nitrogens with zero attached hydrogens (tertiary/aromatic N) is 2. The normalized spacial score (nSPS) is 17.7. The minimum absolute atomic E-state index is 0.0781. The van der Waals surface area contributed by atoms with Gasteiger partial charge in [-0.25, -0.2) is 9.78 Å². The van der Waals surface area contributed by atoms with E-state index in [9.17, 15) is 4.79 Å². The lowest BCUT2D eigenvalue weighted by Crippen LogP contribution is -2.29. The molecule has 116 valence electrons. The van der Waals surface area contributed by atoms with Gasteiger partial charge in [-0.1, -0.05) is 0 Å². The van der Waals surface area contributed by atoms with Crippen LogP contribution in [0.1, 0.15) is 11.3 Å². The molecule has 22 heavy (non-hydrogen) atoms. The Balaban J connectivity index is 1.63. The van der Waals surface area contributed by atoms with Crippen molar-refractivity contribution in [1.29, 1.82) is 0 Å². The molecule has 1 unspecified atom stereocenters. The van der Waals surface area contributed by atoms with Crippen molar-refractivity contribution in [3.63, 3.8) is 0 Å². The third-order valence-electron chi connectivity index (χ3n) is 3.57. The van der Waals surface area contributed by atoms with E-state index in [2.05, 4.69) is 4.98 Å². The summed E-state index contributed by atoms with van der Waals surface area (Å²) in [7, 11) is 0. The molecule has 0 saturated carbocycles. The second-order valence-corrected chi connectivity index (χ2v) is 6.23. The van der Waals surface area contributed by atoms with E-state index in [1.54, 1.807) is 17.5 Å². The van der Waals surface area contributed by atoms with Crippen LogP contribution in [0.4, 0.5) is 4.79 Å². The SMILES string of the molecule is NCc1cnc(-c2ccc(OC3CCN(C(=O)O)C3)cc2)s1. The van der Waals surface area contributed by atoms with Gasteiger partial charge in [0.25, 0.3) is 0 Å². The number of hydrogen-bond acceptors (Lipinski definition) is 5. The maximum atomic E-state index is 10.9. The lowest BCUT2D eigenvalue weighted by Gasteiger charge is -2.14. The van der Waals surface area contributed by atoms with Gasteiger partial charge in [-0.05, 0) is 24.3 Å². The highest BCUT2D eigenvalue weighted by Gasteiger charge is 2.27. The van der Waals surface area contributed by atoms with Gasteiger partial charge in [-0.15, -0.1) is 11.3 Å². The Kier molecular flexibility index (Phi) is 4.26. The van der Waals surface area contributed by atoms with Gasteiger partial charge in [0, 0.05) is 36.1 Å². The molecule has 1 atom stereocenters. The Hall–Kier alpha value is -2.12. The van der Waals surface area contributed by atoms with E-state index < -0.39 is 6.09 Å². The fourth-order valence-electron chi connectivity index (χ4n) is 2.40. The van der Waals surface area contributed by atoms with Crippen molar-refractivity contribution in [2.24, 2.45) is 5.73 Å². The lowest BCUT2D eigenvalue weighted by atomic mass is 10.2. The number of benzene rings is 1. The fourth-order valence-corrected chi connectivity index (χ4v) is 3.20. The summed E-state index contributed by atoms with van der Waals surface area (Å²) in [6, 6.07) is 7.70. The van der Waals surface area contributed by atoms with Crippen LogP contribution >= 0.6 is 11.3 Å². The predicted molar refractivity (Wildman–Crippen MR) is 84.1 cm³/mol. The number of thiazole rings is 1. The number of likely N-dealkylation sites (tertiary alicyclic amines) is 1. The quantitative estimate of drug-likeness (QED) is 0.903. The molecule has 1 fully saturated rings. The second-order valence-electron chi connectivity index (χ2n) is 5.12. The minimum atomic E-state index is -0.888. The average molecular weight is 319 g/mol. The smallest absolute Gasteiger partial charge is 0.407 e. The molecule has 3 N–H and O–H groups in total. The van der Waals surface area contributed by atoms with Crippen LogP contribution in [0, 0.1) is 0 Å². The van der Waals surface area contributed by atoms with Gasteiger partial charge in [0.05, 0.1) is 6.54 Å². The van der Waals surface area contributed by atoms with Crippen molar-refractivity contribution in [2.45, 2.75) is 19.1 Å². The number of aromatic nitrogens is 1. The Morgan fingerprint density at radius 1 is 1.45 bits per heavy atom. The predicted octanol–water partition coefficient (Wildman–Crippen LogP) is 2.40. The number of hydrogen-bond donors (Lipinski definition) is 2. The highest BCUT2D eigenvalue weighted by Crippen LogP contribution is 2.27. The van der Waals surface area contributed by atoms with Crippen LogP contribution in [-0.2, 0) is 6.54 Å². The van der Waals surface area contributed by atoms with Crippen molar-refractivity contribution in [2.75, 3.05) is 13.1 Å². The molecule has 7 heteroatoms. The first-order valence-electron chi connectivity index (χ1n) is 7.05. The fraction of sp³-hybridized carbons (Fsp3) is 0.333. The monoisotopic (exact) mass is 319 g/mol. The van der Waals surface area contributed by atoms with E-state index in [1.807, 2.05) is 24.3 Å². The molecular weight excluding hydrogens is 302 g/mol. The Morgan fingerprint density at radius 2 is 2.23 bits per heavy atom. The van der Waals surface area contributed by atoms with E-state index in [1.165, 1.54) is 4.90 Å². The van der Waals surface area contributed by atoms with Gasteiger partial charge in [0.1, 0.15) is 16.9 Å². The highest BCUT2D eigenvalue weighted by molar-refractivity contribution is 7.15. The van der Waals surface area contributed by atoms with Crippen molar-refractivity contribution in [1.82, 2.24) is 9.88 Å². The number of rotatable bonds is 4. The first kappa shape index (κ1) is 14.8. The Labute approximate surface area is 132 Å². The summed E-state index contributed by atoms with van der Waals surface area (Å²) in [5, 5.41) is 9.87. The van der Waals surface area contributed by atoms with Crippen molar-refractivity contribution >= 4 is 17.4 Å². The van der Waals surface area contributed by atoms with Gasteiger partial charge in [-0.3, -0.25) is 0 Å². The Bertz CT molecular complexity index is 656. The van der Waals surface area contributed by atoms with E-state index >= 15 is 0 Å². The molecule has 1 aliphatic rings. The van der Waals surface area contributed by atoms with Gasteiger partial charge in [-0.2, -0.15) is 0 Å². The van der Waals surface area contributed by atoms with Crippen molar-refractivity contribution < 1.29 is 14.6 Å². The van der Waals surface area contributed by atoms with Crippen LogP contribution in [0.2, 0.25) is 0 Å². The molecule has 0 spiro atoms. The maximum absolute atomic E-state index is 10.9. The summed E-state index contributed by atoms with van der Waals surface area (Å²) < 4.78 is 5.83. The molecule has 0 aliphatic carbocycles. The molecule has 3 rings (SSSR count). The molecule has 1 amide bonds. The molecule has 6 nitrogen and oxygen atoms in total. The van der Waals surface area contributed by atoms with Crippen LogP contribution in [0.15, 0.2) is 30.5 Å². The summed E-state index contributed by atoms with van der Waals surface area (Å²) in [6.07, 6.45) is 1.55. The number of amides is 1. The summed E-state index contributed by atoms with van der Waals surface area (Å²) in [4.78, 5) is 17.7. The number of nitrogens with two attached hydrogens (primary N) is 1. The molecule has 2 heterocycles. The molecular formula is C15H17N3O3S. The molecule has 1 aromatic heterocycles. The number of ether oxygens (including phenoxy) is 1. The van der Waals surface area contributed by atoms with Crippen LogP contribution in [0.5, 0.6) is 5.75 Å². The maximum Gasteiger partial charge on any atom is 0.407 e. The second kappa shape index (κ2) is 6.33. The third kappa shape index (κ3) is 3.20. The molecule has 2 aromatic rings. The van der Waals surface area contributed by atoms with Crippen molar-refractivity contribution in [3.05, 3.63) is 35.3 Å². The van der Waals surface area contributed by atoms with Gasteiger partial charge in [0.15, 0.2) is 0 Å². The average Bonchev–Trinajstić information content (AvgIpc) is 3.17. The summed E-state index contributed by atoms with van der Waals surface area (Å²) >= 11 is 1.58. The zero-order chi connectivity index (χ0) is 15.5. The van der Waals surface area contributed by atoms with Gasteiger partial charge < -0.3 is 20.5 Å². The van der Waals surface area contributed by atoms with E-state index in [0.29, 0.717) is 19.6 Å². The summed E-state index contributed by atoms with van der Waals surface area (Å²) in [6.45, 7) is 1.45. The van der Waals surface area contributed by atoms with E-state index in [-0.39, 0.29) is 6.10 Å². The van der Waals surface area contributed by atoms with Gasteiger partial charge >= 0.3 is 6.09 Å². The topological polar surface area (TPSA) is 88.7 Å².